The summed E-state index contributed by atoms with van der Waals surface area (Å²) in [5.74, 6) is -0.142. The molecule has 34 heavy (non-hydrogen) atoms. The second-order valence-corrected chi connectivity index (χ2v) is 8.71. The molecule has 1 N–H and O–H groups in total. The number of pyridine rings is 1. The third-order valence-corrected chi connectivity index (χ3v) is 6.30. The maximum absolute atomic E-state index is 13.4. The average Bonchev–Trinajstić information content (AvgIpc) is 3.51. The van der Waals surface area contributed by atoms with Crippen molar-refractivity contribution in [1.29, 1.82) is 0 Å². The number of amides is 2. The van der Waals surface area contributed by atoms with Crippen LogP contribution in [0.15, 0.2) is 60.7 Å². The van der Waals surface area contributed by atoms with Gasteiger partial charge in [0.1, 0.15) is 0 Å². The highest BCUT2D eigenvalue weighted by molar-refractivity contribution is 6.07. The number of nitrogens with zero attached hydrogens (tertiary/aromatic N) is 4. The molecular formula is C27H27N5O2. The van der Waals surface area contributed by atoms with Gasteiger partial charge in [0.2, 0.25) is 0 Å². The third-order valence-electron chi connectivity index (χ3n) is 6.30. The average molecular weight is 454 g/mol. The van der Waals surface area contributed by atoms with Gasteiger partial charge in [0.25, 0.3) is 11.8 Å². The normalized spacial score (nSPS) is 13.4. The molecule has 1 fully saturated rings. The fourth-order valence-corrected chi connectivity index (χ4v) is 4.58. The largest absolute Gasteiger partial charge is 0.348 e. The van der Waals surface area contributed by atoms with E-state index in [4.69, 9.17) is 4.98 Å². The first-order valence-corrected chi connectivity index (χ1v) is 11.6. The van der Waals surface area contributed by atoms with Crippen LogP contribution in [0.3, 0.4) is 0 Å². The Morgan fingerprint density at radius 2 is 1.76 bits per heavy atom. The molecule has 0 bridgehead atoms. The number of hydrogen-bond acceptors (Lipinski definition) is 4. The van der Waals surface area contributed by atoms with Crippen molar-refractivity contribution >= 4 is 22.8 Å². The number of carbonyl (C=O) groups is 2. The Balaban J connectivity index is 1.42. The van der Waals surface area contributed by atoms with Crippen molar-refractivity contribution in [3.8, 4) is 11.3 Å². The monoisotopic (exact) mass is 453 g/mol. The highest BCUT2D eigenvalue weighted by Gasteiger charge is 2.21. The van der Waals surface area contributed by atoms with Crippen molar-refractivity contribution in [3.05, 3.63) is 83.0 Å². The van der Waals surface area contributed by atoms with Crippen molar-refractivity contribution in [2.45, 2.75) is 26.3 Å². The van der Waals surface area contributed by atoms with Crippen LogP contribution in [-0.2, 0) is 13.6 Å². The van der Waals surface area contributed by atoms with Crippen molar-refractivity contribution < 1.29 is 9.59 Å². The van der Waals surface area contributed by atoms with Crippen LogP contribution in [0.4, 0.5) is 0 Å². The lowest BCUT2D eigenvalue weighted by molar-refractivity contribution is 0.0792. The van der Waals surface area contributed by atoms with Gasteiger partial charge in [-0.25, -0.2) is 4.98 Å². The standard InChI is InChI=1S/C27H27N5O2/c1-18-24-22(16-23(20-10-4-3-5-11-20)29-25(24)31(2)30-18)26(33)28-17-19-9-8-12-21(15-19)27(34)32-13-6-7-14-32/h3-5,8-12,15-16H,6-7,13-14,17H2,1-2H3,(H,28,33). The Morgan fingerprint density at radius 3 is 2.53 bits per heavy atom. The summed E-state index contributed by atoms with van der Waals surface area (Å²) in [5, 5.41) is 8.26. The predicted octanol–water partition coefficient (Wildman–Crippen LogP) is 4.11. The molecule has 0 unspecified atom stereocenters. The van der Waals surface area contributed by atoms with Crippen molar-refractivity contribution in [2.24, 2.45) is 7.05 Å². The minimum absolute atomic E-state index is 0.0556. The number of carbonyl (C=O) groups excluding carboxylic acids is 2. The summed E-state index contributed by atoms with van der Waals surface area (Å²) in [6.45, 7) is 3.83. The topological polar surface area (TPSA) is 80.1 Å². The number of hydrogen-bond donors (Lipinski definition) is 1. The number of likely N-dealkylation sites (tertiary alicyclic amines) is 1. The van der Waals surface area contributed by atoms with Gasteiger partial charge in [0, 0.05) is 37.8 Å². The Morgan fingerprint density at radius 1 is 1.00 bits per heavy atom. The van der Waals surface area contributed by atoms with E-state index >= 15 is 0 Å². The fraction of sp³-hybridized carbons (Fsp3) is 0.259. The van der Waals surface area contributed by atoms with E-state index in [9.17, 15) is 9.59 Å². The van der Waals surface area contributed by atoms with E-state index in [0.717, 1.165) is 53.8 Å². The Bertz CT molecular complexity index is 1370. The molecule has 2 aromatic heterocycles. The van der Waals surface area contributed by atoms with Gasteiger partial charge in [-0.3, -0.25) is 14.3 Å². The maximum Gasteiger partial charge on any atom is 0.253 e. The van der Waals surface area contributed by atoms with E-state index in [-0.39, 0.29) is 11.8 Å². The number of nitrogens with one attached hydrogen (secondary N) is 1. The van der Waals surface area contributed by atoms with Crippen LogP contribution in [0.25, 0.3) is 22.3 Å². The molecule has 4 aromatic rings. The SMILES string of the molecule is Cc1nn(C)c2nc(-c3ccccc3)cc(C(=O)NCc3cccc(C(=O)N4CCCC4)c3)c12. The van der Waals surface area contributed by atoms with Gasteiger partial charge >= 0.3 is 0 Å². The molecule has 1 saturated heterocycles. The zero-order valence-electron chi connectivity index (χ0n) is 19.4. The van der Waals surface area contributed by atoms with E-state index in [1.807, 2.05) is 79.5 Å². The molecule has 0 radical (unpaired) electrons. The third kappa shape index (κ3) is 4.17. The van der Waals surface area contributed by atoms with Gasteiger partial charge in [-0.2, -0.15) is 5.10 Å². The van der Waals surface area contributed by atoms with Gasteiger partial charge in [-0.1, -0.05) is 42.5 Å². The summed E-state index contributed by atoms with van der Waals surface area (Å²) in [6, 6.07) is 19.1. The van der Waals surface area contributed by atoms with E-state index in [2.05, 4.69) is 10.4 Å². The predicted molar refractivity (Wildman–Crippen MR) is 131 cm³/mol. The summed E-state index contributed by atoms with van der Waals surface area (Å²) in [6.07, 6.45) is 2.11. The molecular weight excluding hydrogens is 426 g/mol. The maximum atomic E-state index is 13.4. The summed E-state index contributed by atoms with van der Waals surface area (Å²) in [5.41, 5.74) is 5.17. The number of rotatable bonds is 5. The van der Waals surface area contributed by atoms with Gasteiger partial charge in [-0.05, 0) is 43.5 Å². The minimum Gasteiger partial charge on any atom is -0.348 e. The summed E-state index contributed by atoms with van der Waals surface area (Å²) in [4.78, 5) is 32.8. The van der Waals surface area contributed by atoms with E-state index in [0.29, 0.717) is 23.3 Å². The van der Waals surface area contributed by atoms with E-state index in [1.165, 1.54) is 0 Å². The molecule has 5 rings (SSSR count). The van der Waals surface area contributed by atoms with Crippen LogP contribution in [-0.4, -0.2) is 44.6 Å². The first kappa shape index (κ1) is 21.8. The Hall–Kier alpha value is -4.00. The summed E-state index contributed by atoms with van der Waals surface area (Å²) < 4.78 is 1.71. The van der Waals surface area contributed by atoms with Crippen LogP contribution in [0.1, 0.15) is 44.8 Å². The van der Waals surface area contributed by atoms with E-state index in [1.54, 1.807) is 4.68 Å². The molecule has 0 atom stereocenters. The van der Waals surface area contributed by atoms with Crippen molar-refractivity contribution in [3.63, 3.8) is 0 Å². The van der Waals surface area contributed by atoms with Crippen LogP contribution in [0, 0.1) is 6.92 Å². The fourth-order valence-electron chi connectivity index (χ4n) is 4.58. The van der Waals surface area contributed by atoms with Crippen LogP contribution in [0.2, 0.25) is 0 Å². The zero-order valence-corrected chi connectivity index (χ0v) is 19.4. The molecule has 0 saturated carbocycles. The molecule has 2 amide bonds. The molecule has 2 aromatic carbocycles. The van der Waals surface area contributed by atoms with Crippen LogP contribution in [0.5, 0.6) is 0 Å². The van der Waals surface area contributed by atoms with Crippen molar-refractivity contribution in [1.82, 2.24) is 25.0 Å². The van der Waals surface area contributed by atoms with Gasteiger partial charge < -0.3 is 10.2 Å². The molecule has 1 aliphatic rings. The van der Waals surface area contributed by atoms with Gasteiger partial charge in [0.05, 0.1) is 22.3 Å². The molecule has 0 aliphatic carbocycles. The number of aromatic nitrogens is 3. The quantitative estimate of drug-likeness (QED) is 0.493. The minimum atomic E-state index is -0.197. The summed E-state index contributed by atoms with van der Waals surface area (Å²) >= 11 is 0. The molecule has 3 heterocycles. The van der Waals surface area contributed by atoms with Crippen molar-refractivity contribution in [2.75, 3.05) is 13.1 Å². The Kier molecular flexibility index (Phi) is 5.84. The lowest BCUT2D eigenvalue weighted by Gasteiger charge is -2.16. The first-order valence-electron chi connectivity index (χ1n) is 11.6. The second kappa shape index (κ2) is 9.09. The smallest absolute Gasteiger partial charge is 0.253 e. The first-order chi connectivity index (χ1) is 16.5. The van der Waals surface area contributed by atoms with Gasteiger partial charge in [0.15, 0.2) is 5.65 Å². The zero-order chi connectivity index (χ0) is 23.7. The molecule has 0 spiro atoms. The second-order valence-electron chi connectivity index (χ2n) is 8.71. The number of benzene rings is 2. The lowest BCUT2D eigenvalue weighted by atomic mass is 10.0. The molecule has 7 heteroatoms. The Labute approximate surface area is 198 Å². The van der Waals surface area contributed by atoms with E-state index < -0.39 is 0 Å². The lowest BCUT2D eigenvalue weighted by Crippen LogP contribution is -2.28. The molecule has 1 aliphatic heterocycles. The number of aryl methyl sites for hydroxylation is 2. The highest BCUT2D eigenvalue weighted by Crippen LogP contribution is 2.27. The van der Waals surface area contributed by atoms with Crippen LogP contribution >= 0.6 is 0 Å². The molecule has 7 nitrogen and oxygen atoms in total. The van der Waals surface area contributed by atoms with Crippen LogP contribution < -0.4 is 5.32 Å². The molecule has 172 valence electrons. The summed E-state index contributed by atoms with van der Waals surface area (Å²) in [7, 11) is 1.83. The number of fused-ring (bicyclic) bond motifs is 1. The van der Waals surface area contributed by atoms with Gasteiger partial charge in [-0.15, -0.1) is 0 Å². The highest BCUT2D eigenvalue weighted by atomic mass is 16.2.